The first-order chi connectivity index (χ1) is 13.0. The number of rotatable bonds is 3. The molecule has 140 valence electrons. The summed E-state index contributed by atoms with van der Waals surface area (Å²) in [5.41, 5.74) is 0.938. The van der Waals surface area contributed by atoms with E-state index in [0.29, 0.717) is 40.0 Å². The van der Waals surface area contributed by atoms with Gasteiger partial charge in [-0.1, -0.05) is 31.9 Å². The summed E-state index contributed by atoms with van der Waals surface area (Å²) in [5, 5.41) is 0.861. The first-order valence-electron chi connectivity index (χ1n) is 9.06. The Hall–Kier alpha value is -2.53. The van der Waals surface area contributed by atoms with Gasteiger partial charge in [0, 0.05) is 6.07 Å². The second-order valence-corrected chi connectivity index (χ2v) is 7.11. The van der Waals surface area contributed by atoms with Crippen molar-refractivity contribution in [3.8, 4) is 5.75 Å². The van der Waals surface area contributed by atoms with Gasteiger partial charge in [0.25, 0.3) is 0 Å². The molecule has 0 fully saturated rings. The van der Waals surface area contributed by atoms with Crippen molar-refractivity contribution in [2.45, 2.75) is 46.1 Å². The zero-order chi connectivity index (χ0) is 19.3. The van der Waals surface area contributed by atoms with E-state index in [1.807, 2.05) is 26.0 Å². The molecular formula is C21H19ClO5. The van der Waals surface area contributed by atoms with Gasteiger partial charge in [0.2, 0.25) is 0 Å². The lowest BCUT2D eigenvalue weighted by Crippen LogP contribution is -2.18. The summed E-state index contributed by atoms with van der Waals surface area (Å²) in [6.45, 7) is 5.73. The highest BCUT2D eigenvalue weighted by Crippen LogP contribution is 2.43. The highest BCUT2D eigenvalue weighted by molar-refractivity contribution is 6.32. The molecule has 0 saturated carbocycles. The highest BCUT2D eigenvalue weighted by Gasteiger charge is 2.28. The maximum atomic E-state index is 12.8. The smallest absolute Gasteiger partial charge is 0.355 e. The van der Waals surface area contributed by atoms with Crippen LogP contribution in [0.25, 0.3) is 28.0 Å². The van der Waals surface area contributed by atoms with Crippen LogP contribution in [0.1, 0.15) is 43.6 Å². The van der Waals surface area contributed by atoms with Crippen LogP contribution in [0.15, 0.2) is 30.6 Å². The summed E-state index contributed by atoms with van der Waals surface area (Å²) in [7, 11) is 0. The van der Waals surface area contributed by atoms with Crippen molar-refractivity contribution in [1.29, 1.82) is 0 Å². The molecule has 2 aromatic heterocycles. The minimum absolute atomic E-state index is 0.0357. The SMILES string of the molecule is CCCc1c(Cl)c(=O)oc2c1c1c(c3oc(C)cc(=O)c32)C=CC(CC)O1. The fourth-order valence-electron chi connectivity index (χ4n) is 3.60. The van der Waals surface area contributed by atoms with Crippen LogP contribution in [0.3, 0.4) is 0 Å². The Morgan fingerprint density at radius 3 is 2.59 bits per heavy atom. The molecule has 27 heavy (non-hydrogen) atoms. The fraction of sp³-hybridized carbons (Fsp3) is 0.333. The first-order valence-corrected chi connectivity index (χ1v) is 9.44. The standard InChI is InChI=1S/C21H19ClO5/c1-4-6-12-15-18-13(8-7-11(5-2)26-18)19-16(14(23)9-10(3)25-19)20(15)27-21(24)17(12)22/h7-9,11H,4-6H2,1-3H3. The number of hydrogen-bond donors (Lipinski definition) is 0. The Bertz CT molecular complexity index is 1220. The van der Waals surface area contributed by atoms with Crippen LogP contribution < -0.4 is 15.8 Å². The van der Waals surface area contributed by atoms with E-state index in [2.05, 4.69) is 0 Å². The average Bonchev–Trinajstić information content (AvgIpc) is 2.64. The van der Waals surface area contributed by atoms with E-state index < -0.39 is 5.63 Å². The summed E-state index contributed by atoms with van der Waals surface area (Å²) in [6.07, 6.45) is 5.86. The molecule has 0 spiro atoms. The lowest BCUT2D eigenvalue weighted by atomic mass is 9.96. The molecule has 0 aliphatic carbocycles. The van der Waals surface area contributed by atoms with Crippen LogP contribution in [0.5, 0.6) is 5.75 Å². The Morgan fingerprint density at radius 1 is 1.11 bits per heavy atom. The van der Waals surface area contributed by atoms with Crippen LogP contribution in [0, 0.1) is 6.92 Å². The molecule has 0 amide bonds. The van der Waals surface area contributed by atoms with Crippen LogP contribution in [-0.2, 0) is 6.42 Å². The number of aryl methyl sites for hydroxylation is 2. The van der Waals surface area contributed by atoms with Gasteiger partial charge in [0.15, 0.2) is 16.6 Å². The molecule has 3 aromatic rings. The molecule has 5 nitrogen and oxygen atoms in total. The quantitative estimate of drug-likeness (QED) is 0.468. The summed E-state index contributed by atoms with van der Waals surface area (Å²) in [5.74, 6) is 1.03. The van der Waals surface area contributed by atoms with Crippen LogP contribution in [0.4, 0.5) is 0 Å². The minimum atomic E-state index is -0.660. The Labute approximate surface area is 160 Å². The van der Waals surface area contributed by atoms with Crippen molar-refractivity contribution in [3.05, 3.63) is 54.7 Å². The van der Waals surface area contributed by atoms with Gasteiger partial charge < -0.3 is 13.6 Å². The van der Waals surface area contributed by atoms with Gasteiger partial charge in [0.05, 0.1) is 10.9 Å². The second kappa shape index (κ2) is 6.57. The minimum Gasteiger partial charge on any atom is -0.485 e. The van der Waals surface area contributed by atoms with E-state index >= 15 is 0 Å². The molecule has 0 saturated heterocycles. The van der Waals surface area contributed by atoms with Gasteiger partial charge in [-0.3, -0.25) is 4.79 Å². The van der Waals surface area contributed by atoms with Gasteiger partial charge in [-0.05, 0) is 37.5 Å². The van der Waals surface area contributed by atoms with Gasteiger partial charge in [-0.25, -0.2) is 4.79 Å². The van der Waals surface area contributed by atoms with E-state index in [9.17, 15) is 9.59 Å². The molecule has 0 bridgehead atoms. The lowest BCUT2D eigenvalue weighted by Gasteiger charge is -2.24. The molecule has 4 rings (SSSR count). The maximum Gasteiger partial charge on any atom is 0.355 e. The summed E-state index contributed by atoms with van der Waals surface area (Å²) in [4.78, 5) is 25.1. The molecule has 0 radical (unpaired) electrons. The maximum absolute atomic E-state index is 12.8. The molecule has 1 aliphatic heterocycles. The van der Waals surface area contributed by atoms with Gasteiger partial charge in [0.1, 0.15) is 28.0 Å². The van der Waals surface area contributed by atoms with E-state index in [0.717, 1.165) is 12.8 Å². The summed E-state index contributed by atoms with van der Waals surface area (Å²) < 4.78 is 17.6. The topological polar surface area (TPSA) is 69.7 Å². The third-order valence-electron chi connectivity index (χ3n) is 4.83. The number of hydrogen-bond acceptors (Lipinski definition) is 5. The monoisotopic (exact) mass is 386 g/mol. The summed E-state index contributed by atoms with van der Waals surface area (Å²) >= 11 is 6.30. The van der Waals surface area contributed by atoms with E-state index in [1.165, 1.54) is 6.07 Å². The fourth-order valence-corrected chi connectivity index (χ4v) is 3.83. The van der Waals surface area contributed by atoms with Gasteiger partial charge in [-0.2, -0.15) is 0 Å². The first kappa shape index (κ1) is 17.9. The molecular weight excluding hydrogens is 368 g/mol. The van der Waals surface area contributed by atoms with Crippen LogP contribution in [-0.4, -0.2) is 6.10 Å². The Morgan fingerprint density at radius 2 is 1.89 bits per heavy atom. The van der Waals surface area contributed by atoms with E-state index in [-0.39, 0.29) is 27.5 Å². The molecule has 1 aliphatic rings. The van der Waals surface area contributed by atoms with Crippen LogP contribution >= 0.6 is 11.6 Å². The molecule has 6 heteroatoms. The number of fused-ring (bicyclic) bond motifs is 6. The van der Waals surface area contributed by atoms with Crippen molar-refractivity contribution >= 4 is 39.6 Å². The molecule has 1 atom stereocenters. The van der Waals surface area contributed by atoms with Crippen molar-refractivity contribution in [2.75, 3.05) is 0 Å². The van der Waals surface area contributed by atoms with Gasteiger partial charge in [-0.15, -0.1) is 0 Å². The predicted molar refractivity (Wildman–Crippen MR) is 106 cm³/mol. The Kier molecular flexibility index (Phi) is 4.35. The average molecular weight is 387 g/mol. The lowest BCUT2D eigenvalue weighted by molar-refractivity contribution is 0.244. The largest absolute Gasteiger partial charge is 0.485 e. The zero-order valence-electron chi connectivity index (χ0n) is 15.3. The molecule has 1 unspecified atom stereocenters. The Balaban J connectivity index is 2.31. The number of halogens is 1. The zero-order valence-corrected chi connectivity index (χ0v) is 16.1. The predicted octanol–water partition coefficient (Wildman–Crippen LogP) is 5.00. The van der Waals surface area contributed by atoms with E-state index in [1.54, 1.807) is 6.92 Å². The third kappa shape index (κ3) is 2.69. The molecule has 3 heterocycles. The van der Waals surface area contributed by atoms with Gasteiger partial charge >= 0.3 is 5.63 Å². The highest BCUT2D eigenvalue weighted by atomic mass is 35.5. The summed E-state index contributed by atoms with van der Waals surface area (Å²) in [6, 6.07) is 1.39. The van der Waals surface area contributed by atoms with Crippen molar-refractivity contribution in [2.24, 2.45) is 0 Å². The normalized spacial score (nSPS) is 15.9. The van der Waals surface area contributed by atoms with Crippen molar-refractivity contribution < 1.29 is 13.6 Å². The van der Waals surface area contributed by atoms with Crippen molar-refractivity contribution in [3.63, 3.8) is 0 Å². The van der Waals surface area contributed by atoms with E-state index in [4.69, 9.17) is 25.2 Å². The van der Waals surface area contributed by atoms with Crippen molar-refractivity contribution in [1.82, 2.24) is 0 Å². The van der Waals surface area contributed by atoms with Crippen LogP contribution in [0.2, 0.25) is 5.02 Å². The number of ether oxygens (including phenoxy) is 1. The molecule has 0 N–H and O–H groups in total. The number of benzene rings is 1. The molecule has 1 aromatic carbocycles. The third-order valence-corrected chi connectivity index (χ3v) is 5.21. The second-order valence-electron chi connectivity index (χ2n) is 6.73.